The van der Waals surface area contributed by atoms with Gasteiger partial charge in [-0.1, -0.05) is 34.1 Å². The number of fused-ring (bicyclic) bond motifs is 1. The predicted octanol–water partition coefficient (Wildman–Crippen LogP) is 4.95. The van der Waals surface area contributed by atoms with Gasteiger partial charge in [-0.3, -0.25) is 0 Å². The smallest absolute Gasteiger partial charge is 0.137 e. The summed E-state index contributed by atoms with van der Waals surface area (Å²) in [4.78, 5) is 0. The molecule has 0 saturated heterocycles. The third-order valence-corrected chi connectivity index (χ3v) is 4.32. The van der Waals surface area contributed by atoms with Crippen molar-refractivity contribution in [1.82, 2.24) is 5.32 Å². The number of hydrogen-bond acceptors (Lipinski definition) is 2. The van der Waals surface area contributed by atoms with Gasteiger partial charge in [-0.25, -0.2) is 4.39 Å². The molecule has 1 atom stereocenters. The Morgan fingerprint density at radius 3 is 2.71 bits per heavy atom. The normalized spacial score (nSPS) is 12.8. The van der Waals surface area contributed by atoms with Gasteiger partial charge in [0.1, 0.15) is 17.2 Å². The van der Waals surface area contributed by atoms with E-state index in [0.29, 0.717) is 0 Å². The van der Waals surface area contributed by atoms with Crippen LogP contribution in [0.3, 0.4) is 0 Å². The third kappa shape index (κ3) is 2.61. The van der Waals surface area contributed by atoms with Gasteiger partial charge in [0.15, 0.2) is 0 Å². The van der Waals surface area contributed by atoms with Crippen LogP contribution in [0.4, 0.5) is 4.39 Å². The fraction of sp³-hybridized carbons (Fsp3) is 0.176. The van der Waals surface area contributed by atoms with Crippen LogP contribution in [0.1, 0.15) is 22.9 Å². The van der Waals surface area contributed by atoms with Gasteiger partial charge in [0.2, 0.25) is 0 Å². The summed E-state index contributed by atoms with van der Waals surface area (Å²) in [5, 5.41) is 4.25. The summed E-state index contributed by atoms with van der Waals surface area (Å²) in [6.07, 6.45) is 0. The lowest BCUT2D eigenvalue weighted by molar-refractivity contribution is 0.488. The van der Waals surface area contributed by atoms with E-state index in [2.05, 4.69) is 21.2 Å². The fourth-order valence-electron chi connectivity index (χ4n) is 2.56. The molecule has 0 saturated carbocycles. The maximum atomic E-state index is 13.5. The minimum Gasteiger partial charge on any atom is -0.459 e. The number of hydrogen-bond donors (Lipinski definition) is 1. The van der Waals surface area contributed by atoms with Crippen molar-refractivity contribution in [2.24, 2.45) is 0 Å². The summed E-state index contributed by atoms with van der Waals surface area (Å²) in [5.41, 5.74) is 2.78. The van der Waals surface area contributed by atoms with Gasteiger partial charge in [0, 0.05) is 9.86 Å². The molecule has 0 radical (unpaired) electrons. The highest BCUT2D eigenvalue weighted by Gasteiger charge is 2.20. The van der Waals surface area contributed by atoms with E-state index in [1.807, 2.05) is 38.2 Å². The van der Waals surface area contributed by atoms with E-state index in [1.54, 1.807) is 6.07 Å². The molecule has 0 spiro atoms. The summed E-state index contributed by atoms with van der Waals surface area (Å²) in [6.45, 7) is 2.02. The lowest BCUT2D eigenvalue weighted by Crippen LogP contribution is -2.17. The number of aryl methyl sites for hydroxylation is 1. The summed E-state index contributed by atoms with van der Waals surface area (Å²) in [5.74, 6) is 0.508. The Labute approximate surface area is 131 Å². The number of furan rings is 1. The van der Waals surface area contributed by atoms with Gasteiger partial charge in [-0.2, -0.15) is 0 Å². The van der Waals surface area contributed by atoms with Gasteiger partial charge >= 0.3 is 0 Å². The first-order valence-corrected chi connectivity index (χ1v) is 7.50. The quantitative estimate of drug-likeness (QED) is 0.724. The van der Waals surface area contributed by atoms with E-state index < -0.39 is 0 Å². The zero-order valence-electron chi connectivity index (χ0n) is 11.8. The Morgan fingerprint density at radius 2 is 2.00 bits per heavy atom. The topological polar surface area (TPSA) is 25.2 Å². The van der Waals surface area contributed by atoms with Gasteiger partial charge in [-0.05, 0) is 49.4 Å². The van der Waals surface area contributed by atoms with E-state index in [4.69, 9.17) is 4.42 Å². The van der Waals surface area contributed by atoms with Crippen LogP contribution in [0.25, 0.3) is 11.0 Å². The summed E-state index contributed by atoms with van der Waals surface area (Å²) >= 11 is 3.48. The molecule has 0 bridgehead atoms. The van der Waals surface area contributed by atoms with Crippen LogP contribution in [-0.4, -0.2) is 7.05 Å². The molecule has 0 amide bonds. The average molecular weight is 348 g/mol. The van der Waals surface area contributed by atoms with Gasteiger partial charge in [0.05, 0.1) is 6.04 Å². The SMILES string of the molecule is CNC(c1cc2cccc(C)c2o1)c1cc(F)ccc1Br. The molecule has 1 heterocycles. The maximum Gasteiger partial charge on any atom is 0.137 e. The highest BCUT2D eigenvalue weighted by atomic mass is 79.9. The standard InChI is InChI=1S/C17H15BrFNO/c1-10-4-3-5-11-8-15(21-17(10)11)16(20-2)13-9-12(19)6-7-14(13)18/h3-9,16,20H,1-2H3. The Bertz CT molecular complexity index is 797. The first-order chi connectivity index (χ1) is 10.1. The second-order valence-electron chi connectivity index (χ2n) is 5.03. The van der Waals surface area contributed by atoms with Crippen molar-refractivity contribution in [3.63, 3.8) is 0 Å². The molecule has 2 nitrogen and oxygen atoms in total. The lowest BCUT2D eigenvalue weighted by Gasteiger charge is -2.15. The van der Waals surface area contributed by atoms with Crippen molar-refractivity contribution in [3.8, 4) is 0 Å². The van der Waals surface area contributed by atoms with Crippen LogP contribution in [0.15, 0.2) is 51.4 Å². The molecular weight excluding hydrogens is 333 g/mol. The molecular formula is C17H15BrFNO. The minimum absolute atomic E-state index is 0.207. The van der Waals surface area contributed by atoms with Crippen LogP contribution < -0.4 is 5.32 Å². The van der Waals surface area contributed by atoms with Crippen LogP contribution in [0.2, 0.25) is 0 Å². The number of halogens is 2. The number of nitrogens with one attached hydrogen (secondary N) is 1. The van der Waals surface area contributed by atoms with E-state index in [1.165, 1.54) is 12.1 Å². The van der Waals surface area contributed by atoms with Crippen LogP contribution in [-0.2, 0) is 0 Å². The Hall–Kier alpha value is -1.65. The van der Waals surface area contributed by atoms with Crippen molar-refractivity contribution < 1.29 is 8.81 Å². The van der Waals surface area contributed by atoms with E-state index >= 15 is 0 Å². The molecule has 3 aromatic rings. The van der Waals surface area contributed by atoms with Gasteiger partial charge in [0.25, 0.3) is 0 Å². The minimum atomic E-state index is -0.263. The van der Waals surface area contributed by atoms with E-state index in [0.717, 1.165) is 32.3 Å². The molecule has 0 aliphatic heterocycles. The highest BCUT2D eigenvalue weighted by molar-refractivity contribution is 9.10. The summed E-state index contributed by atoms with van der Waals surface area (Å²) in [6, 6.07) is 12.5. The molecule has 21 heavy (non-hydrogen) atoms. The molecule has 1 unspecified atom stereocenters. The second-order valence-corrected chi connectivity index (χ2v) is 5.88. The van der Waals surface area contributed by atoms with Crippen molar-refractivity contribution in [2.45, 2.75) is 13.0 Å². The van der Waals surface area contributed by atoms with Crippen molar-refractivity contribution in [2.75, 3.05) is 7.05 Å². The van der Waals surface area contributed by atoms with E-state index in [-0.39, 0.29) is 11.9 Å². The van der Waals surface area contributed by atoms with Crippen molar-refractivity contribution >= 4 is 26.9 Å². The molecule has 3 rings (SSSR count). The Balaban J connectivity index is 2.13. The van der Waals surface area contributed by atoms with Crippen LogP contribution in [0, 0.1) is 12.7 Å². The molecule has 0 aliphatic carbocycles. The molecule has 0 fully saturated rings. The zero-order chi connectivity index (χ0) is 15.0. The van der Waals surface area contributed by atoms with Crippen molar-refractivity contribution in [1.29, 1.82) is 0 Å². The molecule has 0 aliphatic rings. The van der Waals surface area contributed by atoms with Crippen molar-refractivity contribution in [3.05, 3.63) is 69.6 Å². The van der Waals surface area contributed by atoms with E-state index in [9.17, 15) is 4.39 Å². The van der Waals surface area contributed by atoms with Crippen LogP contribution >= 0.6 is 15.9 Å². The molecule has 1 N–H and O–H groups in total. The summed E-state index contributed by atoms with van der Waals surface area (Å²) in [7, 11) is 1.84. The Morgan fingerprint density at radius 1 is 1.19 bits per heavy atom. The monoisotopic (exact) mass is 347 g/mol. The fourth-order valence-corrected chi connectivity index (χ4v) is 3.03. The van der Waals surface area contributed by atoms with Gasteiger partial charge < -0.3 is 9.73 Å². The number of para-hydroxylation sites is 1. The molecule has 2 aromatic carbocycles. The molecule has 108 valence electrons. The number of benzene rings is 2. The number of rotatable bonds is 3. The Kier molecular flexibility index (Phi) is 3.83. The average Bonchev–Trinajstić information content (AvgIpc) is 2.89. The first kappa shape index (κ1) is 14.3. The second kappa shape index (κ2) is 5.62. The van der Waals surface area contributed by atoms with Gasteiger partial charge in [-0.15, -0.1) is 0 Å². The molecule has 1 aromatic heterocycles. The summed E-state index contributed by atoms with van der Waals surface area (Å²) < 4.78 is 20.4. The first-order valence-electron chi connectivity index (χ1n) is 6.71. The lowest BCUT2D eigenvalue weighted by atomic mass is 10.0. The maximum absolute atomic E-state index is 13.5. The highest BCUT2D eigenvalue weighted by Crippen LogP contribution is 2.33. The molecule has 4 heteroatoms. The van der Waals surface area contributed by atoms with Crippen LogP contribution in [0.5, 0.6) is 0 Å². The predicted molar refractivity (Wildman–Crippen MR) is 86.0 cm³/mol. The zero-order valence-corrected chi connectivity index (χ0v) is 13.4. The third-order valence-electron chi connectivity index (χ3n) is 3.60. The largest absolute Gasteiger partial charge is 0.459 e.